The lowest BCUT2D eigenvalue weighted by Gasteiger charge is -2.23. The number of ether oxygens (including phenoxy) is 1. The van der Waals surface area contributed by atoms with E-state index in [0.717, 1.165) is 0 Å². The quantitative estimate of drug-likeness (QED) is 0.612. The van der Waals surface area contributed by atoms with Crippen LogP contribution in [0.15, 0.2) is 0 Å². The first kappa shape index (κ1) is 14.9. The summed E-state index contributed by atoms with van der Waals surface area (Å²) >= 11 is 0. The average Bonchev–Trinajstić information content (AvgIpc) is 2.74. The van der Waals surface area contributed by atoms with Crippen molar-refractivity contribution in [3.63, 3.8) is 0 Å². The van der Waals surface area contributed by atoms with Crippen molar-refractivity contribution in [2.75, 3.05) is 19.8 Å². The lowest BCUT2D eigenvalue weighted by Crippen LogP contribution is -2.58. The van der Waals surface area contributed by atoms with Crippen molar-refractivity contribution in [1.29, 1.82) is 0 Å². The Morgan fingerprint density at radius 2 is 2.06 bits per heavy atom. The van der Waals surface area contributed by atoms with Gasteiger partial charge in [-0.15, -0.1) is 0 Å². The summed E-state index contributed by atoms with van der Waals surface area (Å²) < 4.78 is 5.12. The number of nitrogens with two attached hydrogens (primary N) is 1. The minimum Gasteiger partial charge on any atom is -0.379 e. The third kappa shape index (κ3) is 3.96. The molecule has 0 aromatic carbocycles. The van der Waals surface area contributed by atoms with E-state index in [2.05, 4.69) is 10.6 Å². The van der Waals surface area contributed by atoms with Gasteiger partial charge in [0.25, 0.3) is 0 Å². The van der Waals surface area contributed by atoms with Crippen molar-refractivity contribution < 1.29 is 14.3 Å². The molecule has 0 aromatic heterocycles. The van der Waals surface area contributed by atoms with Crippen LogP contribution in [-0.2, 0) is 14.3 Å². The van der Waals surface area contributed by atoms with Crippen LogP contribution in [-0.4, -0.2) is 43.2 Å². The summed E-state index contributed by atoms with van der Waals surface area (Å²) in [5.41, 5.74) is 4.91. The van der Waals surface area contributed by atoms with Crippen LogP contribution in [0.3, 0.4) is 0 Å². The molecule has 2 amide bonds. The van der Waals surface area contributed by atoms with Gasteiger partial charge in [-0.1, -0.05) is 13.8 Å². The predicted octanol–water partition coefficient (Wildman–Crippen LogP) is -0.619. The third-order valence-corrected chi connectivity index (χ3v) is 2.93. The van der Waals surface area contributed by atoms with E-state index in [-0.39, 0.29) is 18.4 Å². The molecule has 0 radical (unpaired) electrons. The van der Waals surface area contributed by atoms with Crippen molar-refractivity contribution in [2.24, 2.45) is 11.7 Å². The van der Waals surface area contributed by atoms with E-state index < -0.39 is 11.6 Å². The van der Waals surface area contributed by atoms with E-state index in [0.29, 0.717) is 25.5 Å². The van der Waals surface area contributed by atoms with Crippen LogP contribution in [0.2, 0.25) is 0 Å². The van der Waals surface area contributed by atoms with E-state index in [1.54, 1.807) is 6.92 Å². The van der Waals surface area contributed by atoms with Gasteiger partial charge in [-0.2, -0.15) is 0 Å². The second-order valence-electron chi connectivity index (χ2n) is 5.29. The monoisotopic (exact) mass is 257 g/mol. The highest BCUT2D eigenvalue weighted by molar-refractivity contribution is 5.92. The van der Waals surface area contributed by atoms with Gasteiger partial charge in [0.1, 0.15) is 11.6 Å². The molecule has 1 rings (SSSR count). The Balaban J connectivity index is 2.41. The molecule has 18 heavy (non-hydrogen) atoms. The van der Waals surface area contributed by atoms with Gasteiger partial charge in [0.2, 0.25) is 11.8 Å². The summed E-state index contributed by atoms with van der Waals surface area (Å²) in [5, 5.41) is 5.39. The van der Waals surface area contributed by atoms with Gasteiger partial charge >= 0.3 is 0 Å². The molecule has 6 heteroatoms. The number of rotatable bonds is 5. The molecule has 1 aliphatic heterocycles. The fourth-order valence-electron chi connectivity index (χ4n) is 1.62. The number of hydrogen-bond donors (Lipinski definition) is 3. The van der Waals surface area contributed by atoms with Crippen LogP contribution in [0.1, 0.15) is 27.2 Å². The SMILES string of the molecule is CC(C)CNC(=O)C(C)NC(=O)C1(N)CCOC1. The molecule has 1 aliphatic rings. The van der Waals surface area contributed by atoms with Gasteiger partial charge in [-0.05, 0) is 19.3 Å². The van der Waals surface area contributed by atoms with Crippen molar-refractivity contribution in [3.8, 4) is 0 Å². The van der Waals surface area contributed by atoms with Gasteiger partial charge in [0.15, 0.2) is 0 Å². The summed E-state index contributed by atoms with van der Waals surface area (Å²) in [4.78, 5) is 23.6. The minimum atomic E-state index is -0.993. The molecular formula is C12H23N3O3. The van der Waals surface area contributed by atoms with E-state index in [1.165, 1.54) is 0 Å². The molecule has 0 saturated carbocycles. The van der Waals surface area contributed by atoms with E-state index in [4.69, 9.17) is 10.5 Å². The molecular weight excluding hydrogens is 234 g/mol. The van der Waals surface area contributed by atoms with E-state index >= 15 is 0 Å². The molecule has 1 saturated heterocycles. The molecule has 6 nitrogen and oxygen atoms in total. The molecule has 1 heterocycles. The second kappa shape index (κ2) is 6.15. The van der Waals surface area contributed by atoms with Crippen LogP contribution >= 0.6 is 0 Å². The van der Waals surface area contributed by atoms with Gasteiger partial charge in [0, 0.05) is 13.2 Å². The first-order chi connectivity index (χ1) is 8.35. The number of hydrogen-bond acceptors (Lipinski definition) is 4. The molecule has 104 valence electrons. The topological polar surface area (TPSA) is 93.5 Å². The summed E-state index contributed by atoms with van der Waals surface area (Å²) in [6, 6.07) is -0.586. The zero-order chi connectivity index (χ0) is 13.8. The molecule has 0 aromatic rings. The lowest BCUT2D eigenvalue weighted by atomic mass is 9.99. The highest BCUT2D eigenvalue weighted by Crippen LogP contribution is 2.15. The Kier molecular flexibility index (Phi) is 5.10. The highest BCUT2D eigenvalue weighted by atomic mass is 16.5. The fourth-order valence-corrected chi connectivity index (χ4v) is 1.62. The standard InChI is InChI=1S/C12H23N3O3/c1-8(2)6-14-10(16)9(3)15-11(17)12(13)4-5-18-7-12/h8-9H,4-7,13H2,1-3H3,(H,14,16)(H,15,17). The molecule has 0 spiro atoms. The van der Waals surface area contributed by atoms with Crippen LogP contribution in [0.25, 0.3) is 0 Å². The van der Waals surface area contributed by atoms with Crippen LogP contribution in [0, 0.1) is 5.92 Å². The van der Waals surface area contributed by atoms with Crippen molar-refractivity contribution in [1.82, 2.24) is 10.6 Å². The Morgan fingerprint density at radius 1 is 1.39 bits per heavy atom. The van der Waals surface area contributed by atoms with Gasteiger partial charge in [-0.25, -0.2) is 0 Å². The Morgan fingerprint density at radius 3 is 2.56 bits per heavy atom. The summed E-state index contributed by atoms with van der Waals surface area (Å²) in [7, 11) is 0. The summed E-state index contributed by atoms with van der Waals surface area (Å²) in [5.74, 6) is -0.146. The Labute approximate surface area is 108 Å². The smallest absolute Gasteiger partial charge is 0.243 e. The molecule has 4 N–H and O–H groups in total. The third-order valence-electron chi connectivity index (χ3n) is 2.93. The first-order valence-electron chi connectivity index (χ1n) is 6.30. The molecule has 0 aliphatic carbocycles. The highest BCUT2D eigenvalue weighted by Gasteiger charge is 2.39. The zero-order valence-electron chi connectivity index (χ0n) is 11.3. The van der Waals surface area contributed by atoms with Gasteiger partial charge in [0.05, 0.1) is 6.61 Å². The van der Waals surface area contributed by atoms with Crippen molar-refractivity contribution >= 4 is 11.8 Å². The first-order valence-corrected chi connectivity index (χ1v) is 6.30. The summed E-state index contributed by atoms with van der Waals surface area (Å²) in [6.07, 6.45) is 0.485. The lowest BCUT2D eigenvalue weighted by molar-refractivity contribution is -0.131. The largest absolute Gasteiger partial charge is 0.379 e. The predicted molar refractivity (Wildman–Crippen MR) is 67.8 cm³/mol. The Hall–Kier alpha value is -1.14. The van der Waals surface area contributed by atoms with Crippen molar-refractivity contribution in [3.05, 3.63) is 0 Å². The maximum atomic E-state index is 11.9. The number of amides is 2. The fraction of sp³-hybridized carbons (Fsp3) is 0.833. The summed E-state index contributed by atoms with van der Waals surface area (Å²) in [6.45, 7) is 6.95. The van der Waals surface area contributed by atoms with Gasteiger partial charge in [-0.3, -0.25) is 9.59 Å². The van der Waals surface area contributed by atoms with E-state index in [1.807, 2.05) is 13.8 Å². The Bertz CT molecular complexity index is 312. The number of carbonyl (C=O) groups excluding carboxylic acids is 2. The molecule has 0 bridgehead atoms. The minimum absolute atomic E-state index is 0.195. The van der Waals surface area contributed by atoms with Crippen LogP contribution < -0.4 is 16.4 Å². The second-order valence-corrected chi connectivity index (χ2v) is 5.29. The van der Waals surface area contributed by atoms with E-state index in [9.17, 15) is 9.59 Å². The van der Waals surface area contributed by atoms with Gasteiger partial charge < -0.3 is 21.1 Å². The molecule has 2 atom stereocenters. The maximum absolute atomic E-state index is 11.9. The molecule has 2 unspecified atom stereocenters. The maximum Gasteiger partial charge on any atom is 0.243 e. The van der Waals surface area contributed by atoms with Crippen LogP contribution in [0.4, 0.5) is 0 Å². The number of carbonyl (C=O) groups is 2. The normalized spacial score (nSPS) is 24.9. The van der Waals surface area contributed by atoms with Crippen molar-refractivity contribution in [2.45, 2.75) is 38.8 Å². The van der Waals surface area contributed by atoms with Crippen LogP contribution in [0.5, 0.6) is 0 Å². The average molecular weight is 257 g/mol. The number of nitrogens with one attached hydrogen (secondary N) is 2. The molecule has 1 fully saturated rings. The zero-order valence-corrected chi connectivity index (χ0v) is 11.3.